The molecular weight excluding hydrogens is 617 g/mol. The van der Waals surface area contributed by atoms with Crippen LogP contribution in [0.4, 0.5) is 8.78 Å². The number of carboxylic acid groups (broad SMARTS) is 1. The van der Waals surface area contributed by atoms with Crippen molar-refractivity contribution >= 4 is 46.1 Å². The van der Waals surface area contributed by atoms with E-state index in [0.29, 0.717) is 22.2 Å². The van der Waals surface area contributed by atoms with Crippen LogP contribution in [-0.2, 0) is 20.6 Å². The predicted molar refractivity (Wildman–Crippen MR) is 171 cm³/mol. The van der Waals surface area contributed by atoms with Crippen LogP contribution in [0.5, 0.6) is 0 Å². The molecule has 2 aromatic rings. The number of aliphatic carboxylic acids is 1. The van der Waals surface area contributed by atoms with Crippen molar-refractivity contribution in [3.05, 3.63) is 70.2 Å². The van der Waals surface area contributed by atoms with Crippen LogP contribution >= 0.6 is 23.2 Å². The van der Waals surface area contributed by atoms with Gasteiger partial charge in [0.2, 0.25) is 5.91 Å². The Balaban J connectivity index is 0.000000619. The topological polar surface area (TPSA) is 77.9 Å². The maximum absolute atomic E-state index is 14.1. The zero-order chi connectivity index (χ0) is 32.5. The van der Waals surface area contributed by atoms with Gasteiger partial charge in [0.1, 0.15) is 11.0 Å². The second-order valence-corrected chi connectivity index (χ2v) is 15.0. The minimum absolute atomic E-state index is 0.0100. The molecule has 0 bridgehead atoms. The van der Waals surface area contributed by atoms with Gasteiger partial charge in [-0.3, -0.25) is 9.59 Å². The number of rotatable bonds is 9. The Morgan fingerprint density at radius 2 is 1.58 bits per heavy atom. The van der Waals surface area contributed by atoms with E-state index in [4.69, 9.17) is 23.2 Å². The van der Waals surface area contributed by atoms with E-state index in [1.807, 2.05) is 56.3 Å². The van der Waals surface area contributed by atoms with Crippen molar-refractivity contribution in [1.82, 2.24) is 9.21 Å². The highest BCUT2D eigenvalue weighted by molar-refractivity contribution is 7.84. The van der Waals surface area contributed by atoms with Gasteiger partial charge in [-0.1, -0.05) is 74.3 Å². The van der Waals surface area contributed by atoms with Gasteiger partial charge in [0, 0.05) is 22.6 Å². The molecule has 43 heavy (non-hydrogen) atoms. The average molecular weight is 662 g/mol. The Morgan fingerprint density at radius 1 is 1.05 bits per heavy atom. The van der Waals surface area contributed by atoms with Crippen molar-refractivity contribution in [2.75, 3.05) is 6.54 Å². The summed E-state index contributed by atoms with van der Waals surface area (Å²) in [6, 6.07) is 15.5. The highest BCUT2D eigenvalue weighted by atomic mass is 35.5. The number of nitrogens with zero attached hydrogens (tertiary/aromatic N) is 2. The molecular formula is C32H44Cl2F2N2O4S. The molecule has 2 unspecified atom stereocenters. The number of hydrogen-bond donors (Lipinski definition) is 1. The van der Waals surface area contributed by atoms with Gasteiger partial charge in [-0.05, 0) is 82.2 Å². The molecule has 1 saturated heterocycles. The standard InChI is InChI=1S/C24H33ClF2N2O4S.C6H5Cl.C2H6/c1-23(2,3)34(33)28(22(26)27)14-19(16-5-6-16)29-18(15-7-9-17(25)10-8-15)11-12-24(4,21(29)32)13-20(30)31;7-6-4-2-1-3-5-6;1-2/h7-10,16,18-19,22H,5-6,11-14H2,1-4H3,(H,30,31);1-5H;1-2H3/t18-,19?,24+,34?;;/m0../s1. The summed E-state index contributed by atoms with van der Waals surface area (Å²) in [7, 11) is -1.98. The molecule has 2 aromatic carbocycles. The molecule has 2 aliphatic rings. The van der Waals surface area contributed by atoms with Crippen molar-refractivity contribution in [3.63, 3.8) is 0 Å². The van der Waals surface area contributed by atoms with E-state index in [1.165, 1.54) is 0 Å². The Bertz CT molecular complexity index is 1210. The molecule has 1 saturated carbocycles. The first-order valence-electron chi connectivity index (χ1n) is 14.6. The van der Waals surface area contributed by atoms with Crippen LogP contribution in [-0.4, -0.2) is 54.3 Å². The van der Waals surface area contributed by atoms with Crippen molar-refractivity contribution in [1.29, 1.82) is 0 Å². The molecule has 0 spiro atoms. The van der Waals surface area contributed by atoms with Crippen molar-refractivity contribution in [2.45, 2.75) is 97.0 Å². The lowest BCUT2D eigenvalue weighted by molar-refractivity contribution is -0.160. The average Bonchev–Trinajstić information content (AvgIpc) is 3.78. The molecule has 1 heterocycles. The molecule has 1 aliphatic carbocycles. The molecule has 240 valence electrons. The number of likely N-dealkylation sites (tertiary alicyclic amines) is 1. The van der Waals surface area contributed by atoms with E-state index in [9.17, 15) is 27.7 Å². The smallest absolute Gasteiger partial charge is 0.305 e. The first-order valence-corrected chi connectivity index (χ1v) is 16.5. The summed E-state index contributed by atoms with van der Waals surface area (Å²) in [5.41, 5.74) is -0.317. The molecule has 2 fully saturated rings. The lowest BCUT2D eigenvalue weighted by atomic mass is 9.74. The van der Waals surface area contributed by atoms with Gasteiger partial charge in [0.25, 0.3) is 0 Å². The summed E-state index contributed by atoms with van der Waals surface area (Å²) in [4.78, 5) is 27.1. The zero-order valence-corrected chi connectivity index (χ0v) is 28.1. The monoisotopic (exact) mass is 660 g/mol. The third-order valence-corrected chi connectivity index (χ3v) is 9.72. The van der Waals surface area contributed by atoms with Gasteiger partial charge in [0.05, 0.1) is 22.6 Å². The number of amides is 1. The molecule has 4 atom stereocenters. The number of piperidine rings is 1. The molecule has 1 amide bonds. The maximum Gasteiger partial charge on any atom is 0.305 e. The van der Waals surface area contributed by atoms with E-state index < -0.39 is 45.7 Å². The second kappa shape index (κ2) is 16.3. The van der Waals surface area contributed by atoms with Gasteiger partial charge in [0.15, 0.2) is 0 Å². The van der Waals surface area contributed by atoms with E-state index in [2.05, 4.69) is 0 Å². The van der Waals surface area contributed by atoms with Crippen molar-refractivity contribution in [2.24, 2.45) is 11.3 Å². The fourth-order valence-corrected chi connectivity index (χ4v) is 6.57. The van der Waals surface area contributed by atoms with Crippen molar-refractivity contribution in [3.8, 4) is 0 Å². The van der Waals surface area contributed by atoms with Gasteiger partial charge < -0.3 is 10.0 Å². The molecule has 11 heteroatoms. The van der Waals surface area contributed by atoms with Crippen LogP contribution in [0, 0.1) is 11.3 Å². The van der Waals surface area contributed by atoms with Crippen LogP contribution in [0.3, 0.4) is 0 Å². The number of benzene rings is 2. The maximum atomic E-state index is 14.1. The summed E-state index contributed by atoms with van der Waals surface area (Å²) in [5, 5.41) is 10.8. The van der Waals surface area contributed by atoms with E-state index in [0.717, 1.165) is 23.4 Å². The number of hydrogen-bond acceptors (Lipinski definition) is 3. The lowest BCUT2D eigenvalue weighted by Gasteiger charge is -2.49. The number of halogens is 4. The first kappa shape index (κ1) is 37.1. The molecule has 1 aliphatic heterocycles. The van der Waals surface area contributed by atoms with Crippen LogP contribution in [0.2, 0.25) is 10.0 Å². The number of carboxylic acids is 1. The highest BCUT2D eigenvalue weighted by Gasteiger charge is 2.52. The summed E-state index contributed by atoms with van der Waals surface area (Å²) in [6.07, 6.45) is 2.08. The van der Waals surface area contributed by atoms with Gasteiger partial charge in [-0.15, -0.1) is 0 Å². The largest absolute Gasteiger partial charge is 0.481 e. The van der Waals surface area contributed by atoms with E-state index in [-0.39, 0.29) is 24.8 Å². The van der Waals surface area contributed by atoms with Crippen molar-refractivity contribution < 1.29 is 27.7 Å². The fraction of sp³-hybridized carbons (Fsp3) is 0.562. The molecule has 6 nitrogen and oxygen atoms in total. The Morgan fingerprint density at radius 3 is 2.00 bits per heavy atom. The number of carbonyl (C=O) groups excluding carboxylic acids is 1. The van der Waals surface area contributed by atoms with Gasteiger partial charge in [-0.2, -0.15) is 13.1 Å². The summed E-state index contributed by atoms with van der Waals surface area (Å²) >= 11 is 11.6. The normalized spacial score (nSPS) is 21.8. The SMILES string of the molecule is CC.CC(C)(C)S(=O)N(CC(C1CC1)N1C(=O)[C@@](C)(CC(=O)O)CC[C@H]1c1ccc(Cl)cc1)C(F)F.Clc1ccccc1. The predicted octanol–water partition coefficient (Wildman–Crippen LogP) is 8.62. The van der Waals surface area contributed by atoms with E-state index in [1.54, 1.807) is 44.7 Å². The van der Waals surface area contributed by atoms with Crippen LogP contribution in [0.1, 0.15) is 85.3 Å². The summed E-state index contributed by atoms with van der Waals surface area (Å²) in [5.74, 6) is -1.44. The third kappa shape index (κ3) is 10.5. The second-order valence-electron chi connectivity index (χ2n) is 11.9. The van der Waals surface area contributed by atoms with E-state index >= 15 is 0 Å². The Kier molecular flexibility index (Phi) is 14.1. The fourth-order valence-electron chi connectivity index (χ4n) is 5.16. The quantitative estimate of drug-likeness (QED) is 0.273. The minimum atomic E-state index is -2.96. The van der Waals surface area contributed by atoms with Crippen LogP contribution in [0.15, 0.2) is 54.6 Å². The molecule has 1 N–H and O–H groups in total. The van der Waals surface area contributed by atoms with Crippen LogP contribution < -0.4 is 0 Å². The third-order valence-electron chi connectivity index (χ3n) is 7.43. The Labute approximate surface area is 267 Å². The zero-order valence-electron chi connectivity index (χ0n) is 25.7. The Hall–Kier alpha value is -2.07. The lowest BCUT2D eigenvalue weighted by Crippen LogP contribution is -2.58. The van der Waals surface area contributed by atoms with Gasteiger partial charge in [-0.25, -0.2) is 4.21 Å². The highest BCUT2D eigenvalue weighted by Crippen LogP contribution is 2.48. The van der Waals surface area contributed by atoms with Crippen LogP contribution in [0.25, 0.3) is 0 Å². The summed E-state index contributed by atoms with van der Waals surface area (Å²) in [6.45, 7) is 7.34. The molecule has 4 rings (SSSR count). The number of alkyl halides is 2. The molecule has 0 radical (unpaired) electrons. The number of carbonyl (C=O) groups is 2. The first-order chi connectivity index (χ1) is 20.1. The van der Waals surface area contributed by atoms with Gasteiger partial charge >= 0.3 is 12.5 Å². The minimum Gasteiger partial charge on any atom is -0.481 e. The molecule has 0 aromatic heterocycles. The summed E-state index contributed by atoms with van der Waals surface area (Å²) < 4.78 is 41.0.